The van der Waals surface area contributed by atoms with Crippen LogP contribution in [0.1, 0.15) is 42.7 Å². The first kappa shape index (κ1) is 16.6. The molecular formula is C18H20BrNO2. The number of benzene rings is 2. The molecule has 116 valence electrons. The second-order valence-corrected chi connectivity index (χ2v) is 6.27. The minimum absolute atomic E-state index is 0.0425. The summed E-state index contributed by atoms with van der Waals surface area (Å²) in [5.41, 5.74) is 1.68. The van der Waals surface area contributed by atoms with Crippen LogP contribution in [-0.2, 0) is 0 Å². The van der Waals surface area contributed by atoms with E-state index in [4.69, 9.17) is 4.74 Å². The minimum Gasteiger partial charge on any atom is -0.490 e. The number of rotatable bonds is 5. The number of halogens is 1. The van der Waals surface area contributed by atoms with Gasteiger partial charge in [0.2, 0.25) is 0 Å². The van der Waals surface area contributed by atoms with Gasteiger partial charge in [-0.3, -0.25) is 4.79 Å². The molecule has 0 fully saturated rings. The third kappa shape index (κ3) is 4.34. The van der Waals surface area contributed by atoms with E-state index in [-0.39, 0.29) is 18.1 Å². The molecule has 0 heterocycles. The van der Waals surface area contributed by atoms with E-state index in [1.54, 1.807) is 12.1 Å². The van der Waals surface area contributed by atoms with Crippen LogP contribution in [0.3, 0.4) is 0 Å². The molecule has 0 aliphatic rings. The highest BCUT2D eigenvalue weighted by Gasteiger charge is 2.13. The topological polar surface area (TPSA) is 38.3 Å². The molecule has 0 saturated carbocycles. The number of hydrogen-bond donors (Lipinski definition) is 1. The molecule has 1 N–H and O–H groups in total. The fourth-order valence-electron chi connectivity index (χ4n) is 2.10. The van der Waals surface area contributed by atoms with Crippen LogP contribution in [0.15, 0.2) is 53.0 Å². The van der Waals surface area contributed by atoms with Gasteiger partial charge in [-0.1, -0.05) is 30.3 Å². The minimum atomic E-state index is -0.104. The van der Waals surface area contributed by atoms with Gasteiger partial charge in [0, 0.05) is 5.56 Å². The van der Waals surface area contributed by atoms with Gasteiger partial charge in [0.05, 0.1) is 16.6 Å². The predicted octanol–water partition coefficient (Wildman–Crippen LogP) is 4.73. The monoisotopic (exact) mass is 361 g/mol. The van der Waals surface area contributed by atoms with Gasteiger partial charge in [-0.05, 0) is 60.5 Å². The standard InChI is InChI=1S/C18H20BrNO2/c1-12(2)22-17-10-9-15(11-16(17)19)18(21)20-13(3)14-7-5-4-6-8-14/h4-13H,1-3H3,(H,20,21). The molecule has 1 unspecified atom stereocenters. The summed E-state index contributed by atoms with van der Waals surface area (Å²) in [6.07, 6.45) is 0.0917. The molecule has 1 amide bonds. The lowest BCUT2D eigenvalue weighted by atomic mass is 10.1. The molecule has 2 rings (SSSR count). The zero-order valence-corrected chi connectivity index (χ0v) is 14.6. The van der Waals surface area contributed by atoms with Gasteiger partial charge in [0.1, 0.15) is 5.75 Å². The Kier molecular flexibility index (Phi) is 5.61. The highest BCUT2D eigenvalue weighted by atomic mass is 79.9. The second kappa shape index (κ2) is 7.45. The van der Waals surface area contributed by atoms with Crippen LogP contribution in [0, 0.1) is 0 Å². The van der Waals surface area contributed by atoms with Crippen molar-refractivity contribution in [3.8, 4) is 5.75 Å². The molecule has 0 aliphatic heterocycles. The first-order valence-corrected chi connectivity index (χ1v) is 8.08. The van der Waals surface area contributed by atoms with Crippen LogP contribution in [0.2, 0.25) is 0 Å². The van der Waals surface area contributed by atoms with E-state index in [0.717, 1.165) is 15.8 Å². The number of ether oxygens (including phenoxy) is 1. The third-order valence-electron chi connectivity index (χ3n) is 3.20. The molecule has 0 bridgehead atoms. The largest absolute Gasteiger partial charge is 0.490 e. The highest BCUT2D eigenvalue weighted by Crippen LogP contribution is 2.27. The van der Waals surface area contributed by atoms with Crippen LogP contribution >= 0.6 is 15.9 Å². The lowest BCUT2D eigenvalue weighted by molar-refractivity contribution is 0.0940. The van der Waals surface area contributed by atoms with Crippen LogP contribution < -0.4 is 10.1 Å². The maximum atomic E-state index is 12.3. The first-order chi connectivity index (χ1) is 10.5. The summed E-state index contributed by atoms with van der Waals surface area (Å²) in [5.74, 6) is 0.635. The lowest BCUT2D eigenvalue weighted by Crippen LogP contribution is -2.26. The Hall–Kier alpha value is -1.81. The summed E-state index contributed by atoms with van der Waals surface area (Å²) >= 11 is 3.45. The maximum absolute atomic E-state index is 12.3. The Morgan fingerprint density at radius 3 is 2.36 bits per heavy atom. The van der Waals surface area contributed by atoms with Gasteiger partial charge in [-0.15, -0.1) is 0 Å². The molecule has 3 nitrogen and oxygen atoms in total. The van der Waals surface area contributed by atoms with E-state index in [0.29, 0.717) is 5.56 Å². The Bertz CT molecular complexity index is 641. The van der Waals surface area contributed by atoms with Crippen molar-refractivity contribution >= 4 is 21.8 Å². The van der Waals surface area contributed by atoms with Gasteiger partial charge in [0.25, 0.3) is 5.91 Å². The summed E-state index contributed by atoms with van der Waals surface area (Å²) in [4.78, 5) is 12.3. The Labute approximate surface area is 139 Å². The highest BCUT2D eigenvalue weighted by molar-refractivity contribution is 9.10. The molecule has 0 aliphatic carbocycles. The Morgan fingerprint density at radius 2 is 1.77 bits per heavy atom. The number of nitrogens with one attached hydrogen (secondary N) is 1. The van der Waals surface area contributed by atoms with Crippen molar-refractivity contribution in [3.05, 3.63) is 64.1 Å². The zero-order chi connectivity index (χ0) is 16.1. The van der Waals surface area contributed by atoms with Crippen LogP contribution in [0.25, 0.3) is 0 Å². The quantitative estimate of drug-likeness (QED) is 0.835. The van der Waals surface area contributed by atoms with E-state index in [2.05, 4.69) is 21.2 Å². The van der Waals surface area contributed by atoms with Gasteiger partial charge < -0.3 is 10.1 Å². The van der Waals surface area contributed by atoms with Crippen molar-refractivity contribution < 1.29 is 9.53 Å². The lowest BCUT2D eigenvalue weighted by Gasteiger charge is -2.15. The molecular weight excluding hydrogens is 342 g/mol. The molecule has 2 aromatic rings. The van der Waals surface area contributed by atoms with E-state index in [1.807, 2.05) is 57.2 Å². The van der Waals surface area contributed by atoms with E-state index in [9.17, 15) is 4.79 Å². The molecule has 0 radical (unpaired) electrons. The summed E-state index contributed by atoms with van der Waals surface area (Å²) in [7, 11) is 0. The normalized spacial score (nSPS) is 12.0. The smallest absolute Gasteiger partial charge is 0.251 e. The summed E-state index contributed by atoms with van der Waals surface area (Å²) < 4.78 is 6.43. The van der Waals surface area contributed by atoms with Crippen LogP contribution in [0.4, 0.5) is 0 Å². The molecule has 4 heteroatoms. The molecule has 1 atom stereocenters. The Morgan fingerprint density at radius 1 is 1.09 bits per heavy atom. The maximum Gasteiger partial charge on any atom is 0.251 e. The number of amides is 1. The number of carbonyl (C=O) groups is 1. The van der Waals surface area contributed by atoms with Gasteiger partial charge in [-0.2, -0.15) is 0 Å². The number of hydrogen-bond acceptors (Lipinski definition) is 2. The average Bonchev–Trinajstić information content (AvgIpc) is 2.49. The van der Waals surface area contributed by atoms with Crippen molar-refractivity contribution in [1.29, 1.82) is 0 Å². The zero-order valence-electron chi connectivity index (χ0n) is 13.0. The average molecular weight is 362 g/mol. The molecule has 0 aromatic heterocycles. The fraction of sp³-hybridized carbons (Fsp3) is 0.278. The van der Waals surface area contributed by atoms with Gasteiger partial charge in [-0.25, -0.2) is 0 Å². The SMILES string of the molecule is CC(C)Oc1ccc(C(=O)NC(C)c2ccccc2)cc1Br. The van der Waals surface area contributed by atoms with Crippen LogP contribution in [-0.4, -0.2) is 12.0 Å². The third-order valence-corrected chi connectivity index (χ3v) is 3.82. The number of carbonyl (C=O) groups excluding carboxylic acids is 1. The molecule has 0 spiro atoms. The fourth-order valence-corrected chi connectivity index (χ4v) is 2.57. The van der Waals surface area contributed by atoms with Crippen molar-refractivity contribution in [2.24, 2.45) is 0 Å². The molecule has 22 heavy (non-hydrogen) atoms. The van der Waals surface area contributed by atoms with Crippen molar-refractivity contribution in [3.63, 3.8) is 0 Å². The van der Waals surface area contributed by atoms with E-state index < -0.39 is 0 Å². The van der Waals surface area contributed by atoms with E-state index in [1.165, 1.54) is 0 Å². The molecule has 0 saturated heterocycles. The van der Waals surface area contributed by atoms with Crippen molar-refractivity contribution in [2.45, 2.75) is 32.9 Å². The van der Waals surface area contributed by atoms with Crippen molar-refractivity contribution in [1.82, 2.24) is 5.32 Å². The summed E-state index contributed by atoms with van der Waals surface area (Å²) in [6.45, 7) is 5.90. The Balaban J connectivity index is 2.08. The van der Waals surface area contributed by atoms with Gasteiger partial charge in [0.15, 0.2) is 0 Å². The summed E-state index contributed by atoms with van der Waals surface area (Å²) in [5, 5.41) is 3.00. The van der Waals surface area contributed by atoms with E-state index >= 15 is 0 Å². The summed E-state index contributed by atoms with van der Waals surface area (Å²) in [6, 6.07) is 15.2. The second-order valence-electron chi connectivity index (χ2n) is 5.42. The van der Waals surface area contributed by atoms with Crippen molar-refractivity contribution in [2.75, 3.05) is 0 Å². The predicted molar refractivity (Wildman–Crippen MR) is 92.2 cm³/mol. The van der Waals surface area contributed by atoms with Gasteiger partial charge >= 0.3 is 0 Å². The molecule has 2 aromatic carbocycles. The first-order valence-electron chi connectivity index (χ1n) is 7.29. The van der Waals surface area contributed by atoms with Crippen LogP contribution in [0.5, 0.6) is 5.75 Å².